The summed E-state index contributed by atoms with van der Waals surface area (Å²) in [7, 11) is 0. The minimum atomic E-state index is -0.545. The Morgan fingerprint density at radius 1 is 1.30 bits per heavy atom. The van der Waals surface area contributed by atoms with Crippen molar-refractivity contribution in [1.29, 1.82) is 0 Å². The van der Waals surface area contributed by atoms with E-state index in [0.717, 1.165) is 24.5 Å². The number of aromatic nitrogens is 1. The number of carbonyl (C=O) groups excluding carboxylic acids is 1. The van der Waals surface area contributed by atoms with Crippen molar-refractivity contribution in [3.8, 4) is 0 Å². The zero-order valence-electron chi connectivity index (χ0n) is 12.6. The van der Waals surface area contributed by atoms with Crippen molar-refractivity contribution in [2.75, 3.05) is 18.0 Å². The first kappa shape index (κ1) is 13.4. The summed E-state index contributed by atoms with van der Waals surface area (Å²) in [6, 6.07) is 1.90. The molecular formula is C16H22N2O2. The lowest BCUT2D eigenvalue weighted by molar-refractivity contribution is 0.00956. The van der Waals surface area contributed by atoms with Crippen molar-refractivity contribution in [2.45, 2.75) is 39.7 Å². The van der Waals surface area contributed by atoms with Gasteiger partial charge in [0.05, 0.1) is 0 Å². The minimum absolute atomic E-state index is 0.237. The van der Waals surface area contributed by atoms with Crippen LogP contribution in [0.4, 0.5) is 5.82 Å². The Balaban J connectivity index is 2.04. The molecule has 1 fully saturated rings. The van der Waals surface area contributed by atoms with Gasteiger partial charge in [-0.1, -0.05) is 13.8 Å². The number of nitrogens with zero attached hydrogens (tertiary/aromatic N) is 2. The molecule has 2 atom stereocenters. The third-order valence-electron chi connectivity index (χ3n) is 4.30. The number of hydrogen-bond acceptors (Lipinski definition) is 4. The topological polar surface area (TPSA) is 42.4 Å². The van der Waals surface area contributed by atoms with E-state index >= 15 is 0 Å². The molecule has 3 heterocycles. The standard InChI is InChI=1S/C16H22N2O2/c1-10-7-11(2)9-18(8-10)14-13-12(5-6-17-14)16(3,4)20-15(13)19/h5-6,10-11H,7-9H2,1-4H3/t10-,11-/m0/s1. The van der Waals surface area contributed by atoms with Gasteiger partial charge in [0.15, 0.2) is 0 Å². The Labute approximate surface area is 120 Å². The predicted molar refractivity (Wildman–Crippen MR) is 77.8 cm³/mol. The number of pyridine rings is 1. The molecule has 2 aliphatic rings. The van der Waals surface area contributed by atoms with Crippen molar-refractivity contribution in [3.05, 3.63) is 23.4 Å². The van der Waals surface area contributed by atoms with Gasteiger partial charge in [0, 0.05) is 24.8 Å². The van der Waals surface area contributed by atoms with Gasteiger partial charge in [0.2, 0.25) is 0 Å². The maximum atomic E-state index is 12.2. The molecule has 0 bridgehead atoms. The Bertz CT molecular complexity index is 543. The summed E-state index contributed by atoms with van der Waals surface area (Å²) in [6.07, 6.45) is 3.03. The zero-order valence-corrected chi connectivity index (χ0v) is 12.6. The molecule has 4 nitrogen and oxygen atoms in total. The molecule has 0 amide bonds. The lowest BCUT2D eigenvalue weighted by Gasteiger charge is -2.36. The van der Waals surface area contributed by atoms with Crippen molar-refractivity contribution < 1.29 is 9.53 Å². The van der Waals surface area contributed by atoms with Gasteiger partial charge in [-0.15, -0.1) is 0 Å². The van der Waals surface area contributed by atoms with E-state index in [4.69, 9.17) is 4.74 Å². The van der Waals surface area contributed by atoms with Gasteiger partial charge in [-0.05, 0) is 38.2 Å². The van der Waals surface area contributed by atoms with Crippen LogP contribution in [0.5, 0.6) is 0 Å². The number of ether oxygens (including phenoxy) is 1. The van der Waals surface area contributed by atoms with E-state index < -0.39 is 5.60 Å². The highest BCUT2D eigenvalue weighted by Gasteiger charge is 2.41. The molecule has 0 N–H and O–H groups in total. The largest absolute Gasteiger partial charge is 0.451 e. The summed E-state index contributed by atoms with van der Waals surface area (Å²) in [4.78, 5) is 19.0. The van der Waals surface area contributed by atoms with E-state index in [-0.39, 0.29) is 5.97 Å². The second-order valence-corrected chi connectivity index (χ2v) is 6.81. The van der Waals surface area contributed by atoms with Crippen molar-refractivity contribution >= 4 is 11.8 Å². The Hall–Kier alpha value is -1.58. The van der Waals surface area contributed by atoms with Crippen LogP contribution in [0.25, 0.3) is 0 Å². The molecule has 1 aromatic heterocycles. The first-order valence-corrected chi connectivity index (χ1v) is 7.36. The average molecular weight is 274 g/mol. The number of carbonyl (C=O) groups is 1. The highest BCUT2D eigenvalue weighted by Crippen LogP contribution is 2.40. The van der Waals surface area contributed by atoms with Gasteiger partial charge in [-0.3, -0.25) is 0 Å². The van der Waals surface area contributed by atoms with Gasteiger partial charge in [-0.25, -0.2) is 9.78 Å². The average Bonchev–Trinajstić information content (AvgIpc) is 2.59. The fourth-order valence-corrected chi connectivity index (χ4v) is 3.57. The van der Waals surface area contributed by atoms with E-state index in [9.17, 15) is 4.79 Å². The summed E-state index contributed by atoms with van der Waals surface area (Å²) >= 11 is 0. The molecule has 0 saturated carbocycles. The number of cyclic esters (lactones) is 1. The van der Waals surface area contributed by atoms with E-state index in [1.807, 2.05) is 19.9 Å². The van der Waals surface area contributed by atoms with Crippen LogP contribution in [0.3, 0.4) is 0 Å². The monoisotopic (exact) mass is 274 g/mol. The third kappa shape index (κ3) is 2.07. The molecule has 0 aliphatic carbocycles. The van der Waals surface area contributed by atoms with Crippen LogP contribution < -0.4 is 4.90 Å². The normalized spacial score (nSPS) is 28.2. The third-order valence-corrected chi connectivity index (χ3v) is 4.30. The van der Waals surface area contributed by atoms with Gasteiger partial charge < -0.3 is 9.64 Å². The molecule has 0 radical (unpaired) electrons. The highest BCUT2D eigenvalue weighted by molar-refractivity contribution is 5.99. The van der Waals surface area contributed by atoms with Crippen LogP contribution in [0.1, 0.15) is 50.0 Å². The van der Waals surface area contributed by atoms with E-state index in [2.05, 4.69) is 23.7 Å². The van der Waals surface area contributed by atoms with Crippen LogP contribution in [-0.2, 0) is 10.3 Å². The van der Waals surface area contributed by atoms with Crippen LogP contribution in [0.2, 0.25) is 0 Å². The Morgan fingerprint density at radius 3 is 2.60 bits per heavy atom. The highest BCUT2D eigenvalue weighted by atomic mass is 16.6. The SMILES string of the molecule is C[C@H]1C[C@H](C)CN(c2nccc3c2C(=O)OC3(C)C)C1. The molecule has 3 rings (SSSR count). The van der Waals surface area contributed by atoms with E-state index in [1.54, 1.807) is 6.20 Å². The van der Waals surface area contributed by atoms with Crippen LogP contribution in [-0.4, -0.2) is 24.0 Å². The smallest absolute Gasteiger partial charge is 0.343 e. The fraction of sp³-hybridized carbons (Fsp3) is 0.625. The first-order chi connectivity index (χ1) is 9.38. The summed E-state index contributed by atoms with van der Waals surface area (Å²) < 4.78 is 5.50. The lowest BCUT2D eigenvalue weighted by atomic mass is 9.91. The molecule has 1 aromatic rings. The zero-order chi connectivity index (χ0) is 14.5. The van der Waals surface area contributed by atoms with Gasteiger partial charge in [0.1, 0.15) is 17.0 Å². The Kier molecular flexibility index (Phi) is 3.00. The summed E-state index contributed by atoms with van der Waals surface area (Å²) in [6.45, 7) is 10.3. The number of rotatable bonds is 1. The van der Waals surface area contributed by atoms with E-state index in [0.29, 0.717) is 17.4 Å². The molecule has 2 aliphatic heterocycles. The summed E-state index contributed by atoms with van der Waals surface area (Å²) in [5, 5.41) is 0. The van der Waals surface area contributed by atoms with Gasteiger partial charge in [-0.2, -0.15) is 0 Å². The second kappa shape index (κ2) is 4.47. The molecule has 0 unspecified atom stereocenters. The number of anilines is 1. The van der Waals surface area contributed by atoms with Crippen LogP contribution in [0.15, 0.2) is 12.3 Å². The predicted octanol–water partition coefficient (Wildman–Crippen LogP) is 2.97. The van der Waals surface area contributed by atoms with E-state index in [1.165, 1.54) is 6.42 Å². The quantitative estimate of drug-likeness (QED) is 0.738. The summed E-state index contributed by atoms with van der Waals surface area (Å²) in [5.74, 6) is 1.82. The number of esters is 1. The van der Waals surface area contributed by atoms with Crippen molar-refractivity contribution in [3.63, 3.8) is 0 Å². The van der Waals surface area contributed by atoms with Gasteiger partial charge >= 0.3 is 5.97 Å². The van der Waals surface area contributed by atoms with Gasteiger partial charge in [0.25, 0.3) is 0 Å². The first-order valence-electron chi connectivity index (χ1n) is 7.36. The maximum Gasteiger partial charge on any atom is 0.343 e. The molecule has 0 spiro atoms. The van der Waals surface area contributed by atoms with Crippen LogP contribution in [0, 0.1) is 11.8 Å². The molecular weight excluding hydrogens is 252 g/mol. The lowest BCUT2D eigenvalue weighted by Crippen LogP contribution is -2.40. The fourth-order valence-electron chi connectivity index (χ4n) is 3.57. The Morgan fingerprint density at radius 2 is 1.95 bits per heavy atom. The molecule has 1 saturated heterocycles. The maximum absolute atomic E-state index is 12.2. The van der Waals surface area contributed by atoms with Crippen molar-refractivity contribution in [1.82, 2.24) is 4.98 Å². The minimum Gasteiger partial charge on any atom is -0.451 e. The summed E-state index contributed by atoms with van der Waals surface area (Å²) in [5.41, 5.74) is 1.08. The second-order valence-electron chi connectivity index (χ2n) is 6.81. The number of hydrogen-bond donors (Lipinski definition) is 0. The molecule has 108 valence electrons. The molecule has 0 aromatic carbocycles. The number of fused-ring (bicyclic) bond motifs is 1. The molecule has 4 heteroatoms. The van der Waals surface area contributed by atoms with Crippen molar-refractivity contribution in [2.24, 2.45) is 11.8 Å². The number of piperidine rings is 1. The van der Waals surface area contributed by atoms with Crippen LogP contribution >= 0.6 is 0 Å². The molecule has 20 heavy (non-hydrogen) atoms.